The lowest BCUT2D eigenvalue weighted by Crippen LogP contribution is -2.58. The van der Waals surface area contributed by atoms with E-state index >= 15 is 0 Å². The van der Waals surface area contributed by atoms with Crippen LogP contribution in [0.15, 0.2) is 30.3 Å². The van der Waals surface area contributed by atoms with E-state index in [2.05, 4.69) is 41.0 Å². The molecule has 0 unspecified atom stereocenters. The summed E-state index contributed by atoms with van der Waals surface area (Å²) in [7, 11) is 0. The Bertz CT molecular complexity index is 318. The van der Waals surface area contributed by atoms with Gasteiger partial charge in [0.25, 0.3) is 0 Å². The van der Waals surface area contributed by atoms with Crippen LogP contribution in [0.25, 0.3) is 0 Å². The minimum atomic E-state index is 0. The molecule has 2 aliphatic rings. The van der Waals surface area contributed by atoms with E-state index in [1.807, 2.05) is 0 Å². The van der Waals surface area contributed by atoms with Crippen molar-refractivity contribution in [3.8, 4) is 0 Å². The Labute approximate surface area is 96.9 Å². The molecule has 0 atom stereocenters. The van der Waals surface area contributed by atoms with Gasteiger partial charge in [0.2, 0.25) is 0 Å². The van der Waals surface area contributed by atoms with Gasteiger partial charge in [0.1, 0.15) is 0 Å². The highest BCUT2D eigenvalue weighted by atomic mass is 35.5. The smallest absolute Gasteiger partial charge is 0.0439 e. The first-order chi connectivity index (χ1) is 6.89. The van der Waals surface area contributed by atoms with Crippen LogP contribution in [0.2, 0.25) is 0 Å². The summed E-state index contributed by atoms with van der Waals surface area (Å²) in [6.07, 6.45) is 2.60. The maximum atomic E-state index is 3.76. The average Bonchev–Trinajstić information content (AvgIpc) is 2.94. The summed E-state index contributed by atoms with van der Waals surface area (Å²) in [4.78, 5) is 0. The minimum Gasteiger partial charge on any atom is -0.314 e. The van der Waals surface area contributed by atoms with Crippen molar-refractivity contribution in [3.63, 3.8) is 0 Å². The molecule has 0 amide bonds. The van der Waals surface area contributed by atoms with Crippen molar-refractivity contribution in [3.05, 3.63) is 35.9 Å². The molecule has 2 nitrogen and oxygen atoms in total. The van der Waals surface area contributed by atoms with E-state index in [9.17, 15) is 0 Å². The van der Waals surface area contributed by atoms with E-state index in [0.29, 0.717) is 11.6 Å². The predicted molar refractivity (Wildman–Crippen MR) is 64.4 cm³/mol. The van der Waals surface area contributed by atoms with Crippen LogP contribution in [0.3, 0.4) is 0 Å². The first kappa shape index (κ1) is 10.9. The van der Waals surface area contributed by atoms with Crippen molar-refractivity contribution in [1.29, 1.82) is 0 Å². The molecule has 1 heterocycles. The van der Waals surface area contributed by atoms with Gasteiger partial charge in [-0.15, -0.1) is 12.4 Å². The van der Waals surface area contributed by atoms with E-state index < -0.39 is 0 Å². The summed E-state index contributed by atoms with van der Waals surface area (Å²) in [5.41, 5.74) is 1.79. The normalized spacial score (nSPS) is 22.7. The molecule has 82 valence electrons. The third-order valence-electron chi connectivity index (χ3n) is 3.34. The highest BCUT2D eigenvalue weighted by molar-refractivity contribution is 5.85. The highest BCUT2D eigenvalue weighted by Crippen LogP contribution is 2.45. The zero-order valence-electron chi connectivity index (χ0n) is 8.70. The Morgan fingerprint density at radius 1 is 1.13 bits per heavy atom. The van der Waals surface area contributed by atoms with E-state index in [-0.39, 0.29) is 12.4 Å². The second kappa shape index (κ2) is 4.12. The Kier molecular flexibility index (Phi) is 3.01. The van der Waals surface area contributed by atoms with Crippen LogP contribution in [-0.2, 0) is 5.54 Å². The van der Waals surface area contributed by atoms with Gasteiger partial charge >= 0.3 is 0 Å². The van der Waals surface area contributed by atoms with Crippen LogP contribution in [-0.4, -0.2) is 19.1 Å². The molecule has 1 aliphatic heterocycles. The molecule has 0 bridgehead atoms. The SMILES string of the molecule is Cl.c1ccc(C2(NC3CNC3)CC2)cc1. The van der Waals surface area contributed by atoms with E-state index in [0.717, 1.165) is 13.1 Å². The number of benzene rings is 1. The van der Waals surface area contributed by atoms with Crippen molar-refractivity contribution in [2.45, 2.75) is 24.4 Å². The minimum absolute atomic E-state index is 0. The average molecular weight is 225 g/mol. The predicted octanol–water partition coefficient (Wildman–Crippen LogP) is 1.66. The van der Waals surface area contributed by atoms with Gasteiger partial charge in [0.05, 0.1) is 0 Å². The highest BCUT2D eigenvalue weighted by Gasteiger charge is 2.45. The van der Waals surface area contributed by atoms with Crippen molar-refractivity contribution in [2.24, 2.45) is 0 Å². The standard InChI is InChI=1S/C12H16N2.ClH/c1-2-4-10(5-3-1)12(6-7-12)14-11-8-13-9-11;/h1-5,11,13-14H,6-9H2;1H. The van der Waals surface area contributed by atoms with Gasteiger partial charge in [0, 0.05) is 24.7 Å². The van der Waals surface area contributed by atoms with Crippen molar-refractivity contribution < 1.29 is 0 Å². The van der Waals surface area contributed by atoms with Crippen molar-refractivity contribution in [1.82, 2.24) is 10.6 Å². The molecule has 1 saturated carbocycles. The molecule has 2 fully saturated rings. The molecule has 3 rings (SSSR count). The van der Waals surface area contributed by atoms with Gasteiger partial charge in [-0.25, -0.2) is 0 Å². The van der Waals surface area contributed by atoms with Gasteiger partial charge in [-0.1, -0.05) is 30.3 Å². The fourth-order valence-electron chi connectivity index (χ4n) is 2.18. The lowest BCUT2D eigenvalue weighted by molar-refractivity contribution is 0.319. The molecule has 0 aromatic heterocycles. The summed E-state index contributed by atoms with van der Waals surface area (Å²) in [5.74, 6) is 0. The number of halogens is 1. The third-order valence-corrected chi connectivity index (χ3v) is 3.34. The number of hydrogen-bond donors (Lipinski definition) is 2. The zero-order valence-corrected chi connectivity index (χ0v) is 9.52. The molecule has 0 spiro atoms. The summed E-state index contributed by atoms with van der Waals surface area (Å²) in [6, 6.07) is 11.5. The van der Waals surface area contributed by atoms with Gasteiger partial charge in [-0.3, -0.25) is 0 Å². The topological polar surface area (TPSA) is 24.1 Å². The second-order valence-electron chi connectivity index (χ2n) is 4.45. The van der Waals surface area contributed by atoms with Crippen LogP contribution in [0.4, 0.5) is 0 Å². The summed E-state index contributed by atoms with van der Waals surface area (Å²) < 4.78 is 0. The van der Waals surface area contributed by atoms with Gasteiger partial charge in [0.15, 0.2) is 0 Å². The fraction of sp³-hybridized carbons (Fsp3) is 0.500. The summed E-state index contributed by atoms with van der Waals surface area (Å²) in [6.45, 7) is 2.27. The van der Waals surface area contributed by atoms with Crippen LogP contribution in [0.1, 0.15) is 18.4 Å². The number of hydrogen-bond acceptors (Lipinski definition) is 2. The fourth-order valence-corrected chi connectivity index (χ4v) is 2.18. The third kappa shape index (κ3) is 2.03. The van der Waals surface area contributed by atoms with Crippen LogP contribution >= 0.6 is 12.4 Å². The first-order valence-corrected chi connectivity index (χ1v) is 5.43. The maximum Gasteiger partial charge on any atom is 0.0439 e. The zero-order chi connectivity index (χ0) is 9.43. The molecular formula is C12H17ClN2. The summed E-state index contributed by atoms with van der Waals surface area (Å²) >= 11 is 0. The second-order valence-corrected chi connectivity index (χ2v) is 4.45. The quantitative estimate of drug-likeness (QED) is 0.816. The molecule has 2 N–H and O–H groups in total. The van der Waals surface area contributed by atoms with Gasteiger partial charge in [-0.2, -0.15) is 0 Å². The van der Waals surface area contributed by atoms with Crippen LogP contribution in [0.5, 0.6) is 0 Å². The monoisotopic (exact) mass is 224 g/mol. The largest absolute Gasteiger partial charge is 0.314 e. The molecule has 1 aliphatic carbocycles. The van der Waals surface area contributed by atoms with E-state index in [1.165, 1.54) is 18.4 Å². The Hall–Kier alpha value is -0.570. The van der Waals surface area contributed by atoms with Crippen LogP contribution < -0.4 is 10.6 Å². The Morgan fingerprint density at radius 2 is 1.80 bits per heavy atom. The molecule has 1 saturated heterocycles. The lowest BCUT2D eigenvalue weighted by atomic mass is 10.0. The Morgan fingerprint density at radius 3 is 2.27 bits per heavy atom. The molecule has 0 radical (unpaired) electrons. The van der Waals surface area contributed by atoms with Crippen molar-refractivity contribution in [2.75, 3.05) is 13.1 Å². The van der Waals surface area contributed by atoms with Crippen LogP contribution in [0, 0.1) is 0 Å². The molecule has 3 heteroatoms. The van der Waals surface area contributed by atoms with E-state index in [4.69, 9.17) is 0 Å². The summed E-state index contributed by atoms with van der Waals surface area (Å²) in [5, 5.41) is 7.06. The van der Waals surface area contributed by atoms with Gasteiger partial charge in [-0.05, 0) is 18.4 Å². The maximum absolute atomic E-state index is 3.76. The van der Waals surface area contributed by atoms with Gasteiger partial charge < -0.3 is 10.6 Å². The van der Waals surface area contributed by atoms with E-state index in [1.54, 1.807) is 0 Å². The molecule has 1 aromatic carbocycles. The molecule has 15 heavy (non-hydrogen) atoms. The first-order valence-electron chi connectivity index (χ1n) is 5.43. The number of rotatable bonds is 3. The molecule has 1 aromatic rings. The molecular weight excluding hydrogens is 208 g/mol. The number of nitrogens with one attached hydrogen (secondary N) is 2. The Balaban J connectivity index is 0.000000853. The van der Waals surface area contributed by atoms with Crippen molar-refractivity contribution >= 4 is 12.4 Å². The lowest BCUT2D eigenvalue weighted by Gasteiger charge is -2.33.